The first kappa shape index (κ1) is 13.4. The Morgan fingerprint density at radius 1 is 1.32 bits per heavy atom. The molecule has 0 aromatic heterocycles. The average molecular weight is 324 g/mol. The van der Waals surface area contributed by atoms with Gasteiger partial charge in [-0.15, -0.1) is 0 Å². The smallest absolute Gasteiger partial charge is 0.119 e. The summed E-state index contributed by atoms with van der Waals surface area (Å²) in [6, 6.07) is 6.85. The van der Waals surface area contributed by atoms with Crippen molar-refractivity contribution < 1.29 is 4.74 Å². The molecule has 0 heterocycles. The van der Waals surface area contributed by atoms with Gasteiger partial charge in [0, 0.05) is 10.5 Å². The lowest BCUT2D eigenvalue weighted by Gasteiger charge is -2.25. The van der Waals surface area contributed by atoms with E-state index in [1.165, 1.54) is 29.3 Å². The Morgan fingerprint density at radius 3 is 2.68 bits per heavy atom. The predicted octanol–water partition coefficient (Wildman–Crippen LogP) is 3.63. The van der Waals surface area contributed by atoms with E-state index in [1.54, 1.807) is 7.11 Å². The average Bonchev–Trinajstić information content (AvgIpc) is 3.04. The lowest BCUT2D eigenvalue weighted by Crippen LogP contribution is -2.35. The maximum Gasteiger partial charge on any atom is 0.119 e. The minimum Gasteiger partial charge on any atom is -0.497 e. The second kappa shape index (κ2) is 5.45. The van der Waals surface area contributed by atoms with Gasteiger partial charge in [-0.05, 0) is 74.2 Å². The van der Waals surface area contributed by atoms with E-state index in [1.807, 2.05) is 6.07 Å². The second-order valence-electron chi connectivity index (χ2n) is 6.04. The molecule has 1 aromatic rings. The van der Waals surface area contributed by atoms with Crippen molar-refractivity contribution in [3.8, 4) is 5.75 Å². The lowest BCUT2D eigenvalue weighted by molar-refractivity contribution is 0.348. The third-order valence-electron chi connectivity index (χ3n) is 4.91. The molecule has 2 nitrogen and oxygen atoms in total. The number of fused-ring (bicyclic) bond motifs is 1. The van der Waals surface area contributed by atoms with Gasteiger partial charge in [-0.2, -0.15) is 0 Å². The summed E-state index contributed by atoms with van der Waals surface area (Å²) in [7, 11) is 3.83. The van der Waals surface area contributed by atoms with Crippen LogP contribution < -0.4 is 10.1 Å². The maximum absolute atomic E-state index is 5.33. The van der Waals surface area contributed by atoms with Gasteiger partial charge >= 0.3 is 0 Å². The molecule has 0 radical (unpaired) electrons. The van der Waals surface area contributed by atoms with Gasteiger partial charge in [0.25, 0.3) is 0 Å². The molecule has 2 fully saturated rings. The molecular weight excluding hydrogens is 302 g/mol. The van der Waals surface area contributed by atoms with Crippen molar-refractivity contribution in [1.29, 1.82) is 0 Å². The normalized spacial score (nSPS) is 29.9. The summed E-state index contributed by atoms with van der Waals surface area (Å²) in [4.78, 5) is 0. The summed E-state index contributed by atoms with van der Waals surface area (Å²) >= 11 is 3.66. The van der Waals surface area contributed by atoms with Gasteiger partial charge < -0.3 is 10.1 Å². The summed E-state index contributed by atoms with van der Waals surface area (Å²) in [5, 5.41) is 3.54. The van der Waals surface area contributed by atoms with Gasteiger partial charge in [0.05, 0.1) is 7.11 Å². The summed E-state index contributed by atoms with van der Waals surface area (Å²) in [6.45, 7) is 0. The molecule has 2 aliphatic rings. The number of hydrogen-bond donors (Lipinski definition) is 1. The molecule has 1 aromatic carbocycles. The lowest BCUT2D eigenvalue weighted by atomic mass is 9.90. The molecule has 3 unspecified atom stereocenters. The molecule has 3 atom stereocenters. The van der Waals surface area contributed by atoms with Crippen molar-refractivity contribution in [2.24, 2.45) is 17.8 Å². The summed E-state index contributed by atoms with van der Waals surface area (Å²) in [5.74, 6) is 3.90. The zero-order valence-electron chi connectivity index (χ0n) is 11.7. The molecule has 3 rings (SSSR count). The molecule has 0 saturated heterocycles. The van der Waals surface area contributed by atoms with E-state index in [9.17, 15) is 0 Å². The maximum atomic E-state index is 5.33. The van der Waals surface area contributed by atoms with Crippen molar-refractivity contribution in [3.05, 3.63) is 28.2 Å². The first-order chi connectivity index (χ1) is 9.21. The number of methoxy groups -OCH3 is 1. The van der Waals surface area contributed by atoms with Crippen LogP contribution in [0.2, 0.25) is 0 Å². The van der Waals surface area contributed by atoms with Crippen LogP contribution in [0.4, 0.5) is 0 Å². The Kier molecular flexibility index (Phi) is 3.86. The quantitative estimate of drug-likeness (QED) is 0.893. The zero-order valence-corrected chi connectivity index (χ0v) is 13.2. The van der Waals surface area contributed by atoms with Gasteiger partial charge in [-0.1, -0.05) is 15.9 Å². The van der Waals surface area contributed by atoms with E-state index < -0.39 is 0 Å². The van der Waals surface area contributed by atoms with Crippen molar-refractivity contribution in [2.45, 2.75) is 31.7 Å². The van der Waals surface area contributed by atoms with Gasteiger partial charge in [0.2, 0.25) is 0 Å². The highest BCUT2D eigenvalue weighted by atomic mass is 79.9. The van der Waals surface area contributed by atoms with Crippen LogP contribution in [0, 0.1) is 17.8 Å². The summed E-state index contributed by atoms with van der Waals surface area (Å²) in [5.41, 5.74) is 1.35. The topological polar surface area (TPSA) is 21.3 Å². The van der Waals surface area contributed by atoms with Crippen molar-refractivity contribution in [2.75, 3.05) is 14.2 Å². The molecule has 0 bridgehead atoms. The minimum absolute atomic E-state index is 0.594. The number of rotatable bonds is 5. The fourth-order valence-electron chi connectivity index (χ4n) is 3.67. The van der Waals surface area contributed by atoms with Gasteiger partial charge in [-0.3, -0.25) is 0 Å². The van der Waals surface area contributed by atoms with Crippen LogP contribution in [-0.4, -0.2) is 20.2 Å². The van der Waals surface area contributed by atoms with Crippen molar-refractivity contribution in [1.82, 2.24) is 5.32 Å². The van der Waals surface area contributed by atoms with E-state index in [0.29, 0.717) is 6.04 Å². The third kappa shape index (κ3) is 2.82. The fraction of sp³-hybridized carbons (Fsp3) is 0.625. The molecule has 2 saturated carbocycles. The number of benzene rings is 1. The molecular formula is C16H22BrNO. The van der Waals surface area contributed by atoms with Crippen LogP contribution in [0.15, 0.2) is 22.7 Å². The standard InChI is InChI=1S/C16H22BrNO/c1-18-16(13-6-10-5-11(10)7-13)9-12-8-14(19-2)3-4-15(12)17/h3-4,8,10-11,13,16,18H,5-7,9H2,1-2H3. The molecule has 0 aliphatic heterocycles. The van der Waals surface area contributed by atoms with Crippen molar-refractivity contribution >= 4 is 15.9 Å². The molecule has 104 valence electrons. The molecule has 19 heavy (non-hydrogen) atoms. The van der Waals surface area contributed by atoms with Crippen LogP contribution in [0.1, 0.15) is 24.8 Å². The largest absolute Gasteiger partial charge is 0.497 e. The highest BCUT2D eigenvalue weighted by molar-refractivity contribution is 9.10. The van der Waals surface area contributed by atoms with Crippen molar-refractivity contribution in [3.63, 3.8) is 0 Å². The highest BCUT2D eigenvalue weighted by Crippen LogP contribution is 2.55. The molecule has 1 N–H and O–H groups in total. The Labute approximate surface area is 124 Å². The summed E-state index contributed by atoms with van der Waals surface area (Å²) in [6.07, 6.45) is 5.43. The van der Waals surface area contributed by atoms with Crippen LogP contribution in [-0.2, 0) is 6.42 Å². The van der Waals surface area contributed by atoms with Crippen LogP contribution in [0.5, 0.6) is 5.75 Å². The first-order valence-electron chi connectivity index (χ1n) is 7.21. The number of nitrogens with one attached hydrogen (secondary N) is 1. The van der Waals surface area contributed by atoms with E-state index in [-0.39, 0.29) is 0 Å². The monoisotopic (exact) mass is 323 g/mol. The van der Waals surface area contributed by atoms with Gasteiger partial charge in [0.15, 0.2) is 0 Å². The Bertz CT molecular complexity index is 452. The number of hydrogen-bond acceptors (Lipinski definition) is 2. The Balaban J connectivity index is 1.71. The van der Waals surface area contributed by atoms with E-state index >= 15 is 0 Å². The van der Waals surface area contributed by atoms with Gasteiger partial charge in [-0.25, -0.2) is 0 Å². The third-order valence-corrected chi connectivity index (χ3v) is 5.69. The fourth-order valence-corrected chi connectivity index (χ4v) is 4.07. The van der Waals surface area contributed by atoms with E-state index in [0.717, 1.165) is 29.9 Å². The second-order valence-corrected chi connectivity index (χ2v) is 6.90. The van der Waals surface area contributed by atoms with Gasteiger partial charge in [0.1, 0.15) is 5.75 Å². The Hall–Kier alpha value is -0.540. The summed E-state index contributed by atoms with van der Waals surface area (Å²) < 4.78 is 6.52. The Morgan fingerprint density at radius 2 is 2.05 bits per heavy atom. The van der Waals surface area contributed by atoms with E-state index in [4.69, 9.17) is 4.74 Å². The molecule has 0 amide bonds. The first-order valence-corrected chi connectivity index (χ1v) is 8.00. The van der Waals surface area contributed by atoms with E-state index in [2.05, 4.69) is 40.4 Å². The molecule has 2 aliphatic carbocycles. The minimum atomic E-state index is 0.594. The number of likely N-dealkylation sites (N-methyl/N-ethyl adjacent to an activating group) is 1. The van der Waals surface area contributed by atoms with Crippen LogP contribution in [0.25, 0.3) is 0 Å². The zero-order chi connectivity index (χ0) is 13.4. The highest BCUT2D eigenvalue weighted by Gasteiger charge is 2.47. The molecule has 3 heteroatoms. The molecule has 0 spiro atoms. The van der Waals surface area contributed by atoms with Crippen LogP contribution in [0.3, 0.4) is 0 Å². The SMILES string of the molecule is CNC(Cc1cc(OC)ccc1Br)C1CC2CC2C1. The number of halogens is 1. The predicted molar refractivity (Wildman–Crippen MR) is 81.6 cm³/mol. The number of ether oxygens (including phenoxy) is 1. The van der Waals surface area contributed by atoms with Crippen LogP contribution >= 0.6 is 15.9 Å².